The minimum absolute atomic E-state index is 0.347. The van der Waals surface area contributed by atoms with Crippen LogP contribution in [-0.2, 0) is 11.4 Å². The van der Waals surface area contributed by atoms with Gasteiger partial charge in [0.05, 0.1) is 5.69 Å². The summed E-state index contributed by atoms with van der Waals surface area (Å²) in [5.41, 5.74) is 2.51. The van der Waals surface area contributed by atoms with E-state index in [1.807, 2.05) is 43.3 Å². The van der Waals surface area contributed by atoms with Gasteiger partial charge in [-0.15, -0.1) is 0 Å². The van der Waals surface area contributed by atoms with Gasteiger partial charge >= 0.3 is 5.97 Å². The van der Waals surface area contributed by atoms with Crippen molar-refractivity contribution in [2.45, 2.75) is 13.5 Å². The molecule has 0 fully saturated rings. The lowest BCUT2D eigenvalue weighted by Gasteiger charge is -2.11. The van der Waals surface area contributed by atoms with Crippen LogP contribution in [0.3, 0.4) is 0 Å². The largest absolute Gasteiger partial charge is 0.486 e. The van der Waals surface area contributed by atoms with E-state index in [0.717, 1.165) is 22.9 Å². The number of carboxylic acids is 1. The highest BCUT2D eigenvalue weighted by atomic mass is 16.5. The van der Waals surface area contributed by atoms with Crippen molar-refractivity contribution in [1.29, 1.82) is 0 Å². The normalized spacial score (nSPS) is 10.7. The van der Waals surface area contributed by atoms with Crippen LogP contribution in [0.15, 0.2) is 48.7 Å². The Bertz CT molecular complexity index is 621. The molecular weight excluding hydrogens is 254 g/mol. The van der Waals surface area contributed by atoms with Gasteiger partial charge in [-0.3, -0.25) is 4.98 Å². The van der Waals surface area contributed by atoms with Crippen molar-refractivity contribution in [2.75, 3.05) is 0 Å². The Hall–Kier alpha value is -2.62. The number of benzene rings is 1. The molecule has 20 heavy (non-hydrogen) atoms. The fourth-order valence-electron chi connectivity index (χ4n) is 1.79. The zero-order valence-electron chi connectivity index (χ0n) is 11.1. The topological polar surface area (TPSA) is 59.4 Å². The number of para-hydroxylation sites is 1. The summed E-state index contributed by atoms with van der Waals surface area (Å²) < 4.78 is 5.78. The molecule has 0 saturated carbocycles. The molecule has 0 bridgehead atoms. The van der Waals surface area contributed by atoms with Crippen LogP contribution in [0.4, 0.5) is 0 Å². The average molecular weight is 269 g/mol. The molecule has 2 rings (SSSR count). The second-order valence-corrected chi connectivity index (χ2v) is 4.27. The molecule has 2 aromatic rings. The molecule has 0 aliphatic carbocycles. The minimum atomic E-state index is -0.984. The van der Waals surface area contributed by atoms with Gasteiger partial charge in [0.15, 0.2) is 0 Å². The zero-order chi connectivity index (χ0) is 14.4. The molecule has 1 aromatic carbocycles. The highest BCUT2D eigenvalue weighted by Crippen LogP contribution is 2.25. The van der Waals surface area contributed by atoms with Crippen LogP contribution < -0.4 is 4.74 Å². The van der Waals surface area contributed by atoms with Crippen molar-refractivity contribution in [1.82, 2.24) is 4.98 Å². The van der Waals surface area contributed by atoms with E-state index >= 15 is 0 Å². The molecule has 0 saturated heterocycles. The monoisotopic (exact) mass is 269 g/mol. The highest BCUT2D eigenvalue weighted by molar-refractivity contribution is 5.86. The van der Waals surface area contributed by atoms with Crippen molar-refractivity contribution in [3.8, 4) is 5.75 Å². The molecule has 0 spiro atoms. The number of carboxylic acid groups (broad SMARTS) is 1. The van der Waals surface area contributed by atoms with Crippen LogP contribution in [0.2, 0.25) is 0 Å². The van der Waals surface area contributed by atoms with Crippen molar-refractivity contribution in [3.63, 3.8) is 0 Å². The molecule has 0 aliphatic rings. The maximum atomic E-state index is 10.6. The first-order chi connectivity index (χ1) is 9.66. The third-order valence-corrected chi connectivity index (χ3v) is 2.74. The van der Waals surface area contributed by atoms with E-state index in [1.54, 1.807) is 6.20 Å². The van der Waals surface area contributed by atoms with E-state index in [9.17, 15) is 4.79 Å². The molecule has 4 heteroatoms. The molecule has 0 amide bonds. The van der Waals surface area contributed by atoms with Crippen LogP contribution in [0.5, 0.6) is 5.75 Å². The second kappa shape index (κ2) is 6.52. The number of aryl methyl sites for hydroxylation is 1. The zero-order valence-corrected chi connectivity index (χ0v) is 11.1. The Morgan fingerprint density at radius 2 is 2.15 bits per heavy atom. The summed E-state index contributed by atoms with van der Waals surface area (Å²) in [4.78, 5) is 14.8. The Labute approximate surface area is 117 Å². The number of aliphatic carboxylic acids is 1. The number of hydrogen-bond donors (Lipinski definition) is 1. The Kier molecular flexibility index (Phi) is 4.50. The number of ether oxygens (including phenoxy) is 1. The van der Waals surface area contributed by atoms with Crippen LogP contribution >= 0.6 is 0 Å². The van der Waals surface area contributed by atoms with Crippen LogP contribution in [0.25, 0.3) is 6.08 Å². The van der Waals surface area contributed by atoms with E-state index in [-0.39, 0.29) is 0 Å². The molecule has 1 N–H and O–H groups in total. The number of pyridine rings is 1. The maximum Gasteiger partial charge on any atom is 0.328 e. The van der Waals surface area contributed by atoms with Crippen molar-refractivity contribution in [2.24, 2.45) is 0 Å². The van der Waals surface area contributed by atoms with Crippen LogP contribution in [-0.4, -0.2) is 16.1 Å². The molecule has 1 heterocycles. The minimum Gasteiger partial charge on any atom is -0.486 e. The van der Waals surface area contributed by atoms with E-state index < -0.39 is 5.97 Å². The smallest absolute Gasteiger partial charge is 0.328 e. The predicted molar refractivity (Wildman–Crippen MR) is 76.4 cm³/mol. The molecule has 0 atom stereocenters. The van der Waals surface area contributed by atoms with Gasteiger partial charge in [-0.2, -0.15) is 0 Å². The Morgan fingerprint density at radius 1 is 1.30 bits per heavy atom. The summed E-state index contributed by atoms with van der Waals surface area (Å²) in [5, 5.41) is 8.71. The number of aromatic nitrogens is 1. The molecule has 102 valence electrons. The van der Waals surface area contributed by atoms with Gasteiger partial charge in [-0.1, -0.05) is 24.3 Å². The van der Waals surface area contributed by atoms with Gasteiger partial charge in [-0.05, 0) is 30.7 Å². The van der Waals surface area contributed by atoms with E-state index in [4.69, 9.17) is 9.84 Å². The molecule has 4 nitrogen and oxygen atoms in total. The average Bonchev–Trinajstić information content (AvgIpc) is 2.45. The van der Waals surface area contributed by atoms with E-state index in [1.165, 1.54) is 6.08 Å². The Morgan fingerprint density at radius 3 is 2.85 bits per heavy atom. The van der Waals surface area contributed by atoms with Crippen molar-refractivity contribution >= 4 is 12.0 Å². The van der Waals surface area contributed by atoms with Gasteiger partial charge in [0.2, 0.25) is 0 Å². The number of nitrogens with zero attached hydrogens (tertiary/aromatic N) is 1. The van der Waals surface area contributed by atoms with Gasteiger partial charge in [0.1, 0.15) is 12.4 Å². The lowest BCUT2D eigenvalue weighted by atomic mass is 10.1. The summed E-state index contributed by atoms with van der Waals surface area (Å²) in [6.07, 6.45) is 4.34. The van der Waals surface area contributed by atoms with E-state index in [0.29, 0.717) is 12.4 Å². The van der Waals surface area contributed by atoms with Crippen LogP contribution in [0.1, 0.15) is 16.8 Å². The first-order valence-electron chi connectivity index (χ1n) is 6.20. The maximum absolute atomic E-state index is 10.6. The highest BCUT2D eigenvalue weighted by Gasteiger charge is 2.06. The molecule has 0 unspecified atom stereocenters. The van der Waals surface area contributed by atoms with Crippen molar-refractivity contribution < 1.29 is 14.6 Å². The van der Waals surface area contributed by atoms with Crippen LogP contribution in [0, 0.1) is 6.92 Å². The molecule has 1 aromatic heterocycles. The first-order valence-corrected chi connectivity index (χ1v) is 6.20. The van der Waals surface area contributed by atoms with Gasteiger partial charge in [-0.25, -0.2) is 4.79 Å². The molecule has 0 radical (unpaired) electrons. The summed E-state index contributed by atoms with van der Waals surface area (Å²) in [7, 11) is 0. The summed E-state index contributed by atoms with van der Waals surface area (Å²) in [5.74, 6) is -0.308. The number of rotatable bonds is 5. The van der Waals surface area contributed by atoms with Gasteiger partial charge in [0, 0.05) is 17.8 Å². The predicted octanol–water partition coefficient (Wildman–Crippen LogP) is 3.07. The quantitative estimate of drug-likeness (QED) is 0.847. The fourth-order valence-corrected chi connectivity index (χ4v) is 1.79. The lowest BCUT2D eigenvalue weighted by molar-refractivity contribution is -0.131. The van der Waals surface area contributed by atoms with Crippen molar-refractivity contribution in [3.05, 3.63) is 65.5 Å². The third kappa shape index (κ3) is 3.68. The standard InChI is InChI=1S/C16H15NO3/c1-12-5-4-6-13(8-9-15(18)19)16(12)20-11-14-7-2-3-10-17-14/h2-10H,11H2,1H3,(H,18,19)/b9-8+. The number of hydrogen-bond acceptors (Lipinski definition) is 3. The Balaban J connectivity index is 2.19. The second-order valence-electron chi connectivity index (χ2n) is 4.27. The molecule has 0 aliphatic heterocycles. The summed E-state index contributed by atoms with van der Waals surface area (Å²) in [6.45, 7) is 2.27. The SMILES string of the molecule is Cc1cccc(/C=C/C(=O)O)c1OCc1ccccn1. The van der Waals surface area contributed by atoms with Gasteiger partial charge < -0.3 is 9.84 Å². The molecular formula is C16H15NO3. The van der Waals surface area contributed by atoms with E-state index in [2.05, 4.69) is 4.98 Å². The van der Waals surface area contributed by atoms with Gasteiger partial charge in [0.25, 0.3) is 0 Å². The fraction of sp³-hybridized carbons (Fsp3) is 0.125. The number of carbonyl (C=O) groups is 1. The third-order valence-electron chi connectivity index (χ3n) is 2.74. The lowest BCUT2D eigenvalue weighted by Crippen LogP contribution is -2.00. The summed E-state index contributed by atoms with van der Waals surface area (Å²) >= 11 is 0. The summed E-state index contributed by atoms with van der Waals surface area (Å²) in [6, 6.07) is 11.2. The first kappa shape index (κ1) is 13.8.